The van der Waals surface area contributed by atoms with Crippen molar-refractivity contribution in [2.45, 2.75) is 25.9 Å². The van der Waals surface area contributed by atoms with Crippen LogP contribution in [0.4, 0.5) is 0 Å². The van der Waals surface area contributed by atoms with Gasteiger partial charge in [0.1, 0.15) is 19.0 Å². The summed E-state index contributed by atoms with van der Waals surface area (Å²) in [7, 11) is 0. The molecule has 1 aromatic rings. The summed E-state index contributed by atoms with van der Waals surface area (Å²) in [6, 6.07) is 7.18. The van der Waals surface area contributed by atoms with E-state index in [-0.39, 0.29) is 31.7 Å². The number of rotatable bonds is 11. The molecule has 0 fully saturated rings. The van der Waals surface area contributed by atoms with Gasteiger partial charge in [-0.05, 0) is 36.5 Å². The fourth-order valence-corrected chi connectivity index (χ4v) is 2.14. The molecular formula is C19H26O5. The highest BCUT2D eigenvalue weighted by molar-refractivity contribution is 5.81. The predicted octanol–water partition coefficient (Wildman–Crippen LogP) is 2.79. The van der Waals surface area contributed by atoms with E-state index in [1.807, 2.05) is 19.1 Å². The van der Waals surface area contributed by atoms with Gasteiger partial charge >= 0.3 is 5.97 Å². The molecule has 0 radical (unpaired) electrons. The number of benzene rings is 1. The van der Waals surface area contributed by atoms with Gasteiger partial charge in [-0.15, -0.1) is 0 Å². The molecule has 0 spiro atoms. The lowest BCUT2D eigenvalue weighted by atomic mass is 9.93. The topological polar surface area (TPSA) is 76.0 Å². The van der Waals surface area contributed by atoms with E-state index in [1.54, 1.807) is 18.2 Å². The van der Waals surface area contributed by atoms with Crippen LogP contribution >= 0.6 is 0 Å². The summed E-state index contributed by atoms with van der Waals surface area (Å²) in [4.78, 5) is 11.3. The van der Waals surface area contributed by atoms with Gasteiger partial charge in [-0.1, -0.05) is 37.8 Å². The first-order valence-corrected chi connectivity index (χ1v) is 8.04. The molecule has 5 heteroatoms. The second-order valence-electron chi connectivity index (χ2n) is 5.46. The lowest BCUT2D eigenvalue weighted by Crippen LogP contribution is -2.09. The highest BCUT2D eigenvalue weighted by atomic mass is 16.5. The third-order valence-corrected chi connectivity index (χ3v) is 3.51. The molecule has 0 heterocycles. The molecule has 0 unspecified atom stereocenters. The summed E-state index contributed by atoms with van der Waals surface area (Å²) < 4.78 is 10.1. The molecule has 24 heavy (non-hydrogen) atoms. The van der Waals surface area contributed by atoms with Gasteiger partial charge in [-0.2, -0.15) is 0 Å². The Balaban J connectivity index is 2.41. The number of carbonyl (C=O) groups excluding carboxylic acids is 1. The van der Waals surface area contributed by atoms with Crippen LogP contribution in [0.1, 0.15) is 31.4 Å². The molecule has 0 amide bonds. The zero-order valence-electron chi connectivity index (χ0n) is 14.1. The molecule has 2 atom stereocenters. The van der Waals surface area contributed by atoms with Crippen molar-refractivity contribution >= 4 is 5.97 Å². The summed E-state index contributed by atoms with van der Waals surface area (Å²) >= 11 is 0. The van der Waals surface area contributed by atoms with Gasteiger partial charge in [-0.25, -0.2) is 4.79 Å². The number of allylic oxidation sites excluding steroid dienone is 1. The van der Waals surface area contributed by atoms with Crippen molar-refractivity contribution in [2.75, 3.05) is 19.8 Å². The maximum atomic E-state index is 11.3. The van der Waals surface area contributed by atoms with Crippen molar-refractivity contribution in [3.8, 4) is 5.75 Å². The molecule has 0 saturated carbocycles. The highest BCUT2D eigenvalue weighted by Crippen LogP contribution is 2.27. The smallest absolute Gasteiger partial charge is 0.330 e. The minimum atomic E-state index is -0.585. The number of ether oxygens (including phenoxy) is 2. The van der Waals surface area contributed by atoms with Crippen molar-refractivity contribution in [1.82, 2.24) is 0 Å². The Hall–Kier alpha value is -2.11. The van der Waals surface area contributed by atoms with Crippen LogP contribution in [0.5, 0.6) is 5.75 Å². The lowest BCUT2D eigenvalue weighted by Gasteiger charge is -2.19. The third kappa shape index (κ3) is 7.44. The Labute approximate surface area is 143 Å². The zero-order chi connectivity index (χ0) is 17.8. The molecule has 0 aliphatic carbocycles. The van der Waals surface area contributed by atoms with E-state index in [9.17, 15) is 9.90 Å². The average Bonchev–Trinajstić information content (AvgIpc) is 2.61. The predicted molar refractivity (Wildman–Crippen MR) is 92.7 cm³/mol. The molecule has 2 N–H and O–H groups in total. The third-order valence-electron chi connectivity index (χ3n) is 3.51. The normalized spacial score (nSPS) is 13.5. The minimum Gasteiger partial charge on any atom is -0.491 e. The van der Waals surface area contributed by atoms with Gasteiger partial charge in [-0.3, -0.25) is 0 Å². The number of esters is 1. The van der Waals surface area contributed by atoms with Crippen molar-refractivity contribution < 1.29 is 24.5 Å². The number of aliphatic hydroxyl groups excluding tert-OH is 2. The van der Waals surface area contributed by atoms with Crippen LogP contribution in [0.2, 0.25) is 0 Å². The van der Waals surface area contributed by atoms with Crippen molar-refractivity contribution in [3.05, 3.63) is 54.6 Å². The minimum absolute atomic E-state index is 0.0317. The summed E-state index contributed by atoms with van der Waals surface area (Å²) in [5, 5.41) is 19.1. The zero-order valence-corrected chi connectivity index (χ0v) is 14.1. The van der Waals surface area contributed by atoms with E-state index in [1.165, 1.54) is 12.2 Å². The standard InChI is InChI=1S/C19H26O5/c1-3-13-24-18(21)7-5-4-6-15(2)19(22)16-8-10-17(11-9-16)23-14-12-20/h3,5,7-11,15,19-20,22H,1,4,6,12-14H2,2H3/b7-5+/t15-,19-/m1/s1. The first-order valence-electron chi connectivity index (χ1n) is 8.04. The number of hydrogen-bond acceptors (Lipinski definition) is 5. The molecular weight excluding hydrogens is 308 g/mol. The Morgan fingerprint density at radius 3 is 2.67 bits per heavy atom. The number of aliphatic hydroxyl groups is 2. The van der Waals surface area contributed by atoms with Crippen LogP contribution in [0, 0.1) is 5.92 Å². The molecule has 132 valence electrons. The van der Waals surface area contributed by atoms with Gasteiger partial charge < -0.3 is 19.7 Å². The van der Waals surface area contributed by atoms with Crippen LogP contribution in [0.15, 0.2) is 49.1 Å². The van der Waals surface area contributed by atoms with E-state index in [4.69, 9.17) is 14.6 Å². The van der Waals surface area contributed by atoms with E-state index < -0.39 is 6.10 Å². The molecule has 1 aromatic carbocycles. The Bertz CT molecular complexity index is 521. The number of carbonyl (C=O) groups is 1. The van der Waals surface area contributed by atoms with Crippen LogP contribution in [-0.2, 0) is 9.53 Å². The molecule has 0 aromatic heterocycles. The summed E-state index contributed by atoms with van der Waals surface area (Å²) in [6.45, 7) is 5.86. The van der Waals surface area contributed by atoms with Gasteiger partial charge in [0.05, 0.1) is 12.7 Å². The molecule has 5 nitrogen and oxygen atoms in total. The lowest BCUT2D eigenvalue weighted by molar-refractivity contribution is -0.136. The largest absolute Gasteiger partial charge is 0.491 e. The van der Waals surface area contributed by atoms with Crippen molar-refractivity contribution in [1.29, 1.82) is 0 Å². The molecule has 0 aliphatic heterocycles. The summed E-state index contributed by atoms with van der Waals surface area (Å²) in [5.41, 5.74) is 0.813. The fourth-order valence-electron chi connectivity index (χ4n) is 2.14. The molecule has 1 rings (SSSR count). The second-order valence-corrected chi connectivity index (χ2v) is 5.46. The monoisotopic (exact) mass is 334 g/mol. The Morgan fingerprint density at radius 1 is 1.33 bits per heavy atom. The average molecular weight is 334 g/mol. The van der Waals surface area contributed by atoms with Crippen LogP contribution in [-0.4, -0.2) is 36.0 Å². The Morgan fingerprint density at radius 2 is 2.04 bits per heavy atom. The first kappa shape index (κ1) is 19.9. The summed E-state index contributed by atoms with van der Waals surface area (Å²) in [6.07, 6.45) is 5.51. The molecule has 0 bridgehead atoms. The maximum Gasteiger partial charge on any atom is 0.330 e. The van der Waals surface area contributed by atoms with E-state index >= 15 is 0 Å². The highest BCUT2D eigenvalue weighted by Gasteiger charge is 2.15. The molecule has 0 aliphatic rings. The fraction of sp³-hybridized carbons (Fsp3) is 0.421. The summed E-state index contributed by atoms with van der Waals surface area (Å²) in [5.74, 6) is 0.318. The van der Waals surface area contributed by atoms with Gasteiger partial charge in [0.15, 0.2) is 0 Å². The van der Waals surface area contributed by atoms with Gasteiger partial charge in [0.2, 0.25) is 0 Å². The van der Waals surface area contributed by atoms with Gasteiger partial charge in [0, 0.05) is 6.08 Å². The maximum absolute atomic E-state index is 11.3. The van der Waals surface area contributed by atoms with Crippen LogP contribution in [0.3, 0.4) is 0 Å². The van der Waals surface area contributed by atoms with Crippen molar-refractivity contribution in [3.63, 3.8) is 0 Å². The van der Waals surface area contributed by atoms with E-state index in [0.29, 0.717) is 12.2 Å². The van der Waals surface area contributed by atoms with Crippen LogP contribution < -0.4 is 4.74 Å². The van der Waals surface area contributed by atoms with E-state index in [0.717, 1.165) is 12.0 Å². The second kappa shape index (κ2) is 11.4. The van der Waals surface area contributed by atoms with Crippen LogP contribution in [0.25, 0.3) is 0 Å². The first-order chi connectivity index (χ1) is 11.6. The molecule has 0 saturated heterocycles. The number of hydrogen-bond donors (Lipinski definition) is 2. The van der Waals surface area contributed by atoms with E-state index in [2.05, 4.69) is 6.58 Å². The Kier molecular flexibility index (Phi) is 9.49. The van der Waals surface area contributed by atoms with Gasteiger partial charge in [0.25, 0.3) is 0 Å². The quantitative estimate of drug-likeness (QED) is 0.370. The van der Waals surface area contributed by atoms with Crippen molar-refractivity contribution in [2.24, 2.45) is 5.92 Å². The SMILES string of the molecule is C=CCOC(=O)/C=C/CC[C@@H](C)[C@@H](O)c1ccc(OCCO)cc1.